The largest absolute Gasteiger partial charge is 0.493 e. The molecular weight excluding hydrogens is 406 g/mol. The van der Waals surface area contributed by atoms with Crippen molar-refractivity contribution in [3.63, 3.8) is 0 Å². The number of rotatable bonds is 9. The van der Waals surface area contributed by atoms with E-state index in [1.165, 1.54) is 22.9 Å². The summed E-state index contributed by atoms with van der Waals surface area (Å²) in [6.45, 7) is 7.18. The Balaban J connectivity index is 1.62. The maximum absolute atomic E-state index is 12.6. The molecule has 8 heteroatoms. The molecule has 1 heterocycles. The van der Waals surface area contributed by atoms with Crippen molar-refractivity contribution in [1.82, 2.24) is 14.8 Å². The molecule has 3 rings (SSSR count). The summed E-state index contributed by atoms with van der Waals surface area (Å²) in [5.74, 6) is 1.83. The molecule has 0 N–H and O–H groups in total. The van der Waals surface area contributed by atoms with Crippen molar-refractivity contribution in [3.8, 4) is 5.75 Å². The van der Waals surface area contributed by atoms with Gasteiger partial charge in [-0.25, -0.2) is 8.42 Å². The van der Waals surface area contributed by atoms with Crippen molar-refractivity contribution in [2.45, 2.75) is 43.1 Å². The first-order valence-electron chi connectivity index (χ1n) is 9.43. The van der Waals surface area contributed by atoms with E-state index in [0.717, 1.165) is 5.75 Å². The van der Waals surface area contributed by atoms with Crippen LogP contribution in [-0.2, 0) is 22.1 Å². The third-order valence-electron chi connectivity index (χ3n) is 4.31. The molecule has 0 saturated heterocycles. The molecule has 0 amide bonds. The molecule has 154 valence electrons. The predicted octanol–water partition coefficient (Wildman–Crippen LogP) is 4.06. The summed E-state index contributed by atoms with van der Waals surface area (Å²) >= 11 is 1.51. The normalized spacial score (nSPS) is 11.6. The lowest BCUT2D eigenvalue weighted by Gasteiger charge is -2.09. The number of thioether (sulfide) groups is 1. The molecule has 29 heavy (non-hydrogen) atoms. The average Bonchev–Trinajstić information content (AvgIpc) is 3.06. The smallest absolute Gasteiger partial charge is 0.191 e. The second-order valence-electron chi connectivity index (χ2n) is 6.74. The number of hydrogen-bond donors (Lipinski definition) is 0. The number of aromatic nitrogens is 3. The van der Waals surface area contributed by atoms with Crippen LogP contribution in [-0.4, -0.2) is 35.5 Å². The van der Waals surface area contributed by atoms with Crippen molar-refractivity contribution in [1.29, 1.82) is 0 Å². The minimum Gasteiger partial charge on any atom is -0.493 e. The Morgan fingerprint density at radius 2 is 1.72 bits per heavy atom. The first-order valence-corrected chi connectivity index (χ1v) is 12.1. The Morgan fingerprint density at radius 1 is 1.03 bits per heavy atom. The maximum atomic E-state index is 12.6. The molecule has 0 saturated carbocycles. The highest BCUT2D eigenvalue weighted by atomic mass is 32.2. The summed E-state index contributed by atoms with van der Waals surface area (Å²) < 4.78 is 33.0. The molecule has 0 aliphatic rings. The van der Waals surface area contributed by atoms with Gasteiger partial charge in [0, 0.05) is 12.3 Å². The topological polar surface area (TPSA) is 74.1 Å². The third-order valence-corrected chi connectivity index (χ3v) is 6.87. The summed E-state index contributed by atoms with van der Waals surface area (Å²) in [5.41, 5.74) is 2.34. The van der Waals surface area contributed by atoms with E-state index in [1.54, 1.807) is 30.3 Å². The van der Waals surface area contributed by atoms with E-state index < -0.39 is 9.84 Å². The van der Waals surface area contributed by atoms with Gasteiger partial charge < -0.3 is 9.30 Å². The van der Waals surface area contributed by atoms with E-state index in [1.807, 2.05) is 37.5 Å². The van der Waals surface area contributed by atoms with Crippen LogP contribution >= 0.6 is 11.8 Å². The summed E-state index contributed by atoms with van der Waals surface area (Å²) in [7, 11) is -3.46. The van der Waals surface area contributed by atoms with E-state index >= 15 is 0 Å². The Hall–Kier alpha value is -2.32. The predicted molar refractivity (Wildman–Crippen MR) is 115 cm³/mol. The molecule has 0 unspecified atom stereocenters. The van der Waals surface area contributed by atoms with Gasteiger partial charge in [-0.05, 0) is 56.2 Å². The van der Waals surface area contributed by atoms with Gasteiger partial charge in [0.05, 0.1) is 11.5 Å². The van der Waals surface area contributed by atoms with Crippen LogP contribution < -0.4 is 4.74 Å². The fraction of sp³-hybridized carbons (Fsp3) is 0.333. The van der Waals surface area contributed by atoms with E-state index in [2.05, 4.69) is 16.3 Å². The number of ether oxygens (including phenoxy) is 1. The second-order valence-corrected chi connectivity index (χ2v) is 9.79. The lowest BCUT2D eigenvalue weighted by Crippen LogP contribution is -2.11. The first kappa shape index (κ1) is 21.4. The number of benzene rings is 2. The lowest BCUT2D eigenvalue weighted by molar-refractivity contribution is 0.343. The van der Waals surface area contributed by atoms with Crippen LogP contribution in [0.15, 0.2) is 58.6 Å². The summed E-state index contributed by atoms with van der Waals surface area (Å²) in [5, 5.41) is 9.03. The van der Waals surface area contributed by atoms with Crippen molar-refractivity contribution in [2.24, 2.45) is 0 Å². The summed E-state index contributed by atoms with van der Waals surface area (Å²) in [6, 6.07) is 14.6. The standard InChI is InChI=1S/C21H25N3O3S2/c1-4-24-20(15-29(25,26)19-8-6-5-7-9-19)22-23-21(24)28-11-10-27-18-13-16(2)12-17(3)14-18/h5-9,12-14H,4,10-11,15H2,1-3H3. The van der Waals surface area contributed by atoms with Crippen LogP contribution in [0.2, 0.25) is 0 Å². The molecule has 0 bridgehead atoms. The Bertz CT molecular complexity index is 1040. The SMILES string of the molecule is CCn1c(CS(=O)(=O)c2ccccc2)nnc1SCCOc1cc(C)cc(C)c1. The van der Waals surface area contributed by atoms with Crippen molar-refractivity contribution >= 4 is 21.6 Å². The minimum atomic E-state index is -3.46. The average molecular weight is 432 g/mol. The summed E-state index contributed by atoms with van der Waals surface area (Å²) in [4.78, 5) is 0.293. The zero-order valence-corrected chi connectivity index (χ0v) is 18.5. The molecule has 6 nitrogen and oxygen atoms in total. The maximum Gasteiger partial charge on any atom is 0.191 e. The van der Waals surface area contributed by atoms with Crippen LogP contribution in [0.25, 0.3) is 0 Å². The third kappa shape index (κ3) is 5.61. The molecule has 0 aliphatic carbocycles. The van der Waals surface area contributed by atoms with Gasteiger partial charge in [-0.2, -0.15) is 0 Å². The molecule has 3 aromatic rings. The van der Waals surface area contributed by atoms with Crippen molar-refractivity contribution in [3.05, 3.63) is 65.5 Å². The second kappa shape index (κ2) is 9.45. The molecule has 2 aromatic carbocycles. The number of aryl methyl sites for hydroxylation is 2. The van der Waals surface area contributed by atoms with Crippen molar-refractivity contribution in [2.75, 3.05) is 12.4 Å². The zero-order valence-electron chi connectivity index (χ0n) is 16.8. The molecule has 0 spiro atoms. The molecule has 0 fully saturated rings. The molecular formula is C21H25N3O3S2. The van der Waals surface area contributed by atoms with Gasteiger partial charge in [-0.1, -0.05) is 36.0 Å². The Labute approximate surface area is 176 Å². The zero-order chi connectivity index (χ0) is 20.9. The fourth-order valence-electron chi connectivity index (χ4n) is 3.04. The first-order chi connectivity index (χ1) is 13.9. The minimum absolute atomic E-state index is 0.169. The van der Waals surface area contributed by atoms with Crippen molar-refractivity contribution < 1.29 is 13.2 Å². The van der Waals surface area contributed by atoms with Crippen LogP contribution in [0.4, 0.5) is 0 Å². The van der Waals surface area contributed by atoms with E-state index in [4.69, 9.17) is 4.74 Å². The van der Waals surface area contributed by atoms with E-state index in [9.17, 15) is 8.42 Å². The highest BCUT2D eigenvalue weighted by Gasteiger charge is 2.20. The van der Waals surface area contributed by atoms with Crippen LogP contribution in [0, 0.1) is 13.8 Å². The summed E-state index contributed by atoms with van der Waals surface area (Å²) in [6.07, 6.45) is 0. The number of hydrogen-bond acceptors (Lipinski definition) is 6. The lowest BCUT2D eigenvalue weighted by atomic mass is 10.1. The molecule has 0 aliphatic heterocycles. The van der Waals surface area contributed by atoms with E-state index in [-0.39, 0.29) is 5.75 Å². The Morgan fingerprint density at radius 3 is 2.38 bits per heavy atom. The van der Waals surface area contributed by atoms with Gasteiger partial charge >= 0.3 is 0 Å². The van der Waals surface area contributed by atoms with Gasteiger partial charge in [-0.15, -0.1) is 10.2 Å². The number of nitrogens with zero attached hydrogens (tertiary/aromatic N) is 3. The Kier molecular flexibility index (Phi) is 6.97. The highest BCUT2D eigenvalue weighted by molar-refractivity contribution is 7.99. The quantitative estimate of drug-likeness (QED) is 0.376. The van der Waals surface area contributed by atoms with Gasteiger partial charge in [0.1, 0.15) is 17.3 Å². The van der Waals surface area contributed by atoms with Gasteiger partial charge in [-0.3, -0.25) is 0 Å². The van der Waals surface area contributed by atoms with Gasteiger partial charge in [0.25, 0.3) is 0 Å². The fourth-order valence-corrected chi connectivity index (χ4v) is 5.17. The van der Waals surface area contributed by atoms with Gasteiger partial charge in [0.2, 0.25) is 0 Å². The molecule has 0 atom stereocenters. The van der Waals surface area contributed by atoms with Crippen LogP contribution in [0.3, 0.4) is 0 Å². The van der Waals surface area contributed by atoms with Crippen LogP contribution in [0.5, 0.6) is 5.75 Å². The monoisotopic (exact) mass is 431 g/mol. The van der Waals surface area contributed by atoms with Crippen LogP contribution in [0.1, 0.15) is 23.9 Å². The highest BCUT2D eigenvalue weighted by Crippen LogP contribution is 2.22. The van der Waals surface area contributed by atoms with E-state index in [0.29, 0.717) is 34.8 Å². The number of sulfone groups is 1. The molecule has 0 radical (unpaired) electrons. The molecule has 1 aromatic heterocycles. The van der Waals surface area contributed by atoms with Gasteiger partial charge in [0.15, 0.2) is 15.0 Å².